The van der Waals surface area contributed by atoms with Crippen LogP contribution in [-0.4, -0.2) is 21.7 Å². The molecule has 0 unspecified atom stereocenters. The van der Waals surface area contributed by atoms with E-state index in [0.29, 0.717) is 23.3 Å². The third-order valence-electron chi connectivity index (χ3n) is 4.96. The van der Waals surface area contributed by atoms with Gasteiger partial charge in [0.15, 0.2) is 5.78 Å². The maximum atomic E-state index is 13.2. The number of hydrogen-bond acceptors (Lipinski definition) is 5. The van der Waals surface area contributed by atoms with E-state index < -0.39 is 5.92 Å². The quantitative estimate of drug-likeness (QED) is 0.879. The molecule has 136 valence electrons. The summed E-state index contributed by atoms with van der Waals surface area (Å²) in [7, 11) is 0. The number of nitrogens with zero attached hydrogens (tertiary/aromatic N) is 2. The Morgan fingerprint density at radius 3 is 2.63 bits per heavy atom. The monoisotopic (exact) mass is 360 g/mol. The van der Waals surface area contributed by atoms with Crippen molar-refractivity contribution in [3.05, 3.63) is 77.2 Å². The van der Waals surface area contributed by atoms with Crippen molar-refractivity contribution < 1.29 is 9.59 Å². The summed E-state index contributed by atoms with van der Waals surface area (Å²) in [5.41, 5.74) is 4.38. The number of ketones is 1. The summed E-state index contributed by atoms with van der Waals surface area (Å²) in [6.45, 7) is 1.88. The van der Waals surface area contributed by atoms with Crippen molar-refractivity contribution in [3.8, 4) is 0 Å². The first-order valence-corrected chi connectivity index (χ1v) is 9.00. The average Bonchev–Trinajstić information content (AvgIpc) is 2.68. The SMILES string of the molecule is CC1=C(C(=O)Nc2cccnc2)[C@@H](c2cccnc2)C2=C(CCCC2=O)N1. The number of nitrogens with one attached hydrogen (secondary N) is 2. The molecule has 6 heteroatoms. The molecule has 0 saturated carbocycles. The highest BCUT2D eigenvalue weighted by atomic mass is 16.2. The predicted molar refractivity (Wildman–Crippen MR) is 102 cm³/mol. The third-order valence-corrected chi connectivity index (χ3v) is 4.96. The number of anilines is 1. The Morgan fingerprint density at radius 2 is 1.93 bits per heavy atom. The lowest BCUT2D eigenvalue weighted by atomic mass is 9.75. The molecule has 2 aliphatic rings. The van der Waals surface area contributed by atoms with E-state index in [9.17, 15) is 9.59 Å². The highest BCUT2D eigenvalue weighted by Gasteiger charge is 2.38. The van der Waals surface area contributed by atoms with Crippen LogP contribution in [0.4, 0.5) is 5.69 Å². The summed E-state index contributed by atoms with van der Waals surface area (Å²) < 4.78 is 0. The van der Waals surface area contributed by atoms with Crippen LogP contribution in [0.2, 0.25) is 0 Å². The zero-order valence-corrected chi connectivity index (χ0v) is 15.0. The van der Waals surface area contributed by atoms with Gasteiger partial charge < -0.3 is 10.6 Å². The number of amides is 1. The molecule has 1 aliphatic heterocycles. The molecule has 0 radical (unpaired) electrons. The van der Waals surface area contributed by atoms with Crippen molar-refractivity contribution in [3.63, 3.8) is 0 Å². The molecule has 1 amide bonds. The second-order valence-electron chi connectivity index (χ2n) is 6.75. The molecule has 2 aromatic rings. The summed E-state index contributed by atoms with van der Waals surface area (Å²) in [4.78, 5) is 34.2. The molecule has 0 bridgehead atoms. The van der Waals surface area contributed by atoms with Crippen LogP contribution in [0.15, 0.2) is 71.6 Å². The smallest absolute Gasteiger partial charge is 0.254 e. The van der Waals surface area contributed by atoms with Crippen molar-refractivity contribution in [1.29, 1.82) is 0 Å². The minimum absolute atomic E-state index is 0.0942. The third kappa shape index (κ3) is 3.26. The average molecular weight is 360 g/mol. The molecule has 6 nitrogen and oxygen atoms in total. The maximum absolute atomic E-state index is 13.2. The van der Waals surface area contributed by atoms with Crippen LogP contribution in [0.3, 0.4) is 0 Å². The van der Waals surface area contributed by atoms with Crippen molar-refractivity contribution in [2.75, 3.05) is 5.32 Å². The van der Waals surface area contributed by atoms with E-state index in [4.69, 9.17) is 0 Å². The van der Waals surface area contributed by atoms with E-state index in [2.05, 4.69) is 20.6 Å². The Labute approximate surface area is 157 Å². The van der Waals surface area contributed by atoms with E-state index in [1.54, 1.807) is 36.9 Å². The van der Waals surface area contributed by atoms with Crippen molar-refractivity contribution in [2.45, 2.75) is 32.1 Å². The van der Waals surface area contributed by atoms with E-state index in [0.717, 1.165) is 29.8 Å². The number of rotatable bonds is 3. The highest BCUT2D eigenvalue weighted by Crippen LogP contribution is 2.42. The van der Waals surface area contributed by atoms with Gasteiger partial charge in [0, 0.05) is 53.5 Å². The molecule has 1 aliphatic carbocycles. The molecule has 0 spiro atoms. The normalized spacial score (nSPS) is 19.4. The molecule has 4 rings (SSSR count). The van der Waals surface area contributed by atoms with Gasteiger partial charge in [0.2, 0.25) is 0 Å². The number of aromatic nitrogens is 2. The molecule has 27 heavy (non-hydrogen) atoms. The van der Waals surface area contributed by atoms with Crippen LogP contribution >= 0.6 is 0 Å². The van der Waals surface area contributed by atoms with Crippen LogP contribution in [0.1, 0.15) is 37.7 Å². The zero-order chi connectivity index (χ0) is 18.8. The van der Waals surface area contributed by atoms with Gasteiger partial charge in [-0.15, -0.1) is 0 Å². The fourth-order valence-corrected chi connectivity index (χ4v) is 3.80. The van der Waals surface area contributed by atoms with Gasteiger partial charge in [0.25, 0.3) is 5.91 Å². The largest absolute Gasteiger partial charge is 0.362 e. The highest BCUT2D eigenvalue weighted by molar-refractivity contribution is 6.09. The lowest BCUT2D eigenvalue weighted by molar-refractivity contribution is -0.116. The number of carbonyl (C=O) groups is 2. The van der Waals surface area contributed by atoms with E-state index in [-0.39, 0.29) is 11.7 Å². The van der Waals surface area contributed by atoms with Crippen LogP contribution in [0.25, 0.3) is 0 Å². The maximum Gasteiger partial charge on any atom is 0.254 e. The molecule has 3 heterocycles. The minimum Gasteiger partial charge on any atom is -0.362 e. The summed E-state index contributed by atoms with van der Waals surface area (Å²) in [6.07, 6.45) is 8.81. The van der Waals surface area contributed by atoms with Gasteiger partial charge in [-0.3, -0.25) is 19.6 Å². The Kier molecular flexibility index (Phi) is 4.54. The summed E-state index contributed by atoms with van der Waals surface area (Å²) in [5.74, 6) is -0.567. The van der Waals surface area contributed by atoms with Crippen molar-refractivity contribution in [1.82, 2.24) is 15.3 Å². The topological polar surface area (TPSA) is 84.0 Å². The Balaban J connectivity index is 1.78. The standard InChI is InChI=1S/C21H20N4O2/c1-13-18(21(27)25-15-6-4-10-23-12-15)19(14-5-3-9-22-11-14)20-16(24-13)7-2-8-17(20)26/h3-6,9-12,19,24H,2,7-8H2,1H3,(H,25,27)/t19-/m1/s1. The molecule has 0 fully saturated rings. The second kappa shape index (κ2) is 7.15. The fourth-order valence-electron chi connectivity index (χ4n) is 3.80. The first-order chi connectivity index (χ1) is 13.1. The van der Waals surface area contributed by atoms with Crippen LogP contribution in [0, 0.1) is 0 Å². The van der Waals surface area contributed by atoms with Crippen LogP contribution in [0.5, 0.6) is 0 Å². The number of allylic oxidation sites excluding steroid dienone is 3. The Hall–Kier alpha value is -3.28. The van der Waals surface area contributed by atoms with Gasteiger partial charge in [-0.2, -0.15) is 0 Å². The lowest BCUT2D eigenvalue weighted by Crippen LogP contribution is -2.35. The summed E-state index contributed by atoms with van der Waals surface area (Å²) >= 11 is 0. The van der Waals surface area contributed by atoms with Crippen molar-refractivity contribution in [2.24, 2.45) is 0 Å². The Bertz CT molecular complexity index is 949. The second-order valence-corrected chi connectivity index (χ2v) is 6.75. The van der Waals surface area contributed by atoms with E-state index in [1.165, 1.54) is 0 Å². The van der Waals surface area contributed by atoms with Crippen molar-refractivity contribution >= 4 is 17.4 Å². The van der Waals surface area contributed by atoms with Crippen LogP contribution in [-0.2, 0) is 9.59 Å². The first kappa shape index (κ1) is 17.1. The van der Waals surface area contributed by atoms with Gasteiger partial charge in [-0.1, -0.05) is 6.07 Å². The van der Waals surface area contributed by atoms with E-state index in [1.807, 2.05) is 19.1 Å². The van der Waals surface area contributed by atoms with Crippen LogP contribution < -0.4 is 10.6 Å². The van der Waals surface area contributed by atoms with Gasteiger partial charge in [0.1, 0.15) is 0 Å². The zero-order valence-electron chi connectivity index (χ0n) is 15.0. The molecule has 1 atom stereocenters. The number of hydrogen-bond donors (Lipinski definition) is 2. The summed E-state index contributed by atoms with van der Waals surface area (Å²) in [6, 6.07) is 7.30. The molecule has 2 aromatic heterocycles. The molecule has 2 N–H and O–H groups in total. The van der Waals surface area contributed by atoms with Gasteiger partial charge in [0.05, 0.1) is 11.9 Å². The fraction of sp³-hybridized carbons (Fsp3) is 0.238. The Morgan fingerprint density at radius 1 is 1.15 bits per heavy atom. The van der Waals surface area contributed by atoms with Gasteiger partial charge >= 0.3 is 0 Å². The molecular weight excluding hydrogens is 340 g/mol. The first-order valence-electron chi connectivity index (χ1n) is 9.00. The van der Waals surface area contributed by atoms with Gasteiger partial charge in [-0.05, 0) is 43.5 Å². The predicted octanol–water partition coefficient (Wildman–Crippen LogP) is 3.08. The number of dihydropyridines is 1. The number of carbonyl (C=O) groups excluding carboxylic acids is 2. The molecular formula is C21H20N4O2. The van der Waals surface area contributed by atoms with E-state index >= 15 is 0 Å². The minimum atomic E-state index is -0.417. The van der Waals surface area contributed by atoms with Gasteiger partial charge in [-0.25, -0.2) is 0 Å². The lowest BCUT2D eigenvalue weighted by Gasteiger charge is -2.34. The molecule has 0 aromatic carbocycles. The number of pyridine rings is 2. The number of Topliss-reactive ketones (excluding diaryl/α,β-unsaturated/α-hetero) is 1. The molecule has 0 saturated heterocycles. The summed E-state index contributed by atoms with van der Waals surface area (Å²) in [5, 5.41) is 6.21.